The second-order valence-corrected chi connectivity index (χ2v) is 8.19. The molecule has 0 aliphatic heterocycles. The lowest BCUT2D eigenvalue weighted by Crippen LogP contribution is -2.15. The Labute approximate surface area is 202 Å². The van der Waals surface area contributed by atoms with Crippen LogP contribution in [0.4, 0.5) is 18.9 Å². The number of alkyl halides is 3. The van der Waals surface area contributed by atoms with Gasteiger partial charge in [-0.1, -0.05) is 30.3 Å². The molecule has 2 aromatic carbocycles. The molecule has 0 amide bonds. The van der Waals surface area contributed by atoms with Crippen molar-refractivity contribution in [2.75, 3.05) is 5.32 Å². The summed E-state index contributed by atoms with van der Waals surface area (Å²) in [6.45, 7) is 3.21. The van der Waals surface area contributed by atoms with E-state index in [9.17, 15) is 18.0 Å². The lowest BCUT2D eigenvalue weighted by Gasteiger charge is -2.20. The van der Waals surface area contributed by atoms with Crippen LogP contribution in [0.3, 0.4) is 0 Å². The zero-order valence-corrected chi connectivity index (χ0v) is 19.1. The predicted molar refractivity (Wildman–Crippen MR) is 127 cm³/mol. The minimum absolute atomic E-state index is 0.0717. The molecule has 0 unspecified atom stereocenters. The smallest absolute Gasteiger partial charge is 0.416 e. The average Bonchev–Trinajstić information content (AvgIpc) is 3.41. The Morgan fingerprint density at radius 2 is 1.86 bits per heavy atom. The molecule has 3 aromatic heterocycles. The quantitative estimate of drug-likeness (QED) is 0.332. The number of H-pyrrole nitrogens is 1. The Kier molecular flexibility index (Phi) is 5.75. The van der Waals surface area contributed by atoms with Crippen LogP contribution in [0, 0.1) is 6.92 Å². The minimum atomic E-state index is -4.66. The predicted octanol–water partition coefficient (Wildman–Crippen LogP) is 5.54. The van der Waals surface area contributed by atoms with Crippen LogP contribution >= 0.6 is 0 Å². The van der Waals surface area contributed by atoms with Crippen LogP contribution in [0.25, 0.3) is 33.8 Å². The van der Waals surface area contributed by atoms with E-state index in [1.165, 1.54) is 6.20 Å². The van der Waals surface area contributed by atoms with Gasteiger partial charge < -0.3 is 9.73 Å². The highest BCUT2D eigenvalue weighted by Crippen LogP contribution is 2.37. The topological polar surface area (TPSA) is 110 Å². The van der Waals surface area contributed by atoms with E-state index in [-0.39, 0.29) is 27.9 Å². The van der Waals surface area contributed by atoms with E-state index < -0.39 is 23.2 Å². The molecule has 1 atom stereocenters. The molecule has 0 aliphatic carbocycles. The zero-order valence-electron chi connectivity index (χ0n) is 19.1. The standard InChI is InChI=1S/C25H19F3N6O2/c1-13-21(35)18-12-16(25(26,27)28)11-17(23(18)36-22(13)15-7-4-3-5-8-15)14(2)30-19-9-6-10-29-20(19)24-31-33-34-32-24/h3-12,14,30H,1-2H3,(H,31,32,33,34)/t14-/m1/s1. The van der Waals surface area contributed by atoms with Crippen LogP contribution in [0.5, 0.6) is 0 Å². The number of tetrazole rings is 1. The highest BCUT2D eigenvalue weighted by Gasteiger charge is 2.33. The fraction of sp³-hybridized carbons (Fsp3) is 0.160. The summed E-state index contributed by atoms with van der Waals surface area (Å²) in [4.78, 5) is 17.5. The molecule has 36 heavy (non-hydrogen) atoms. The molecule has 0 saturated heterocycles. The number of anilines is 1. The molecule has 0 bridgehead atoms. The van der Waals surface area contributed by atoms with E-state index in [2.05, 4.69) is 30.9 Å². The summed E-state index contributed by atoms with van der Waals surface area (Å²) in [5.74, 6) is 0.517. The first-order chi connectivity index (χ1) is 17.2. The van der Waals surface area contributed by atoms with Gasteiger partial charge in [-0.2, -0.15) is 18.4 Å². The summed E-state index contributed by atoms with van der Waals surface area (Å²) in [6, 6.07) is 13.4. The van der Waals surface area contributed by atoms with E-state index in [4.69, 9.17) is 4.42 Å². The van der Waals surface area contributed by atoms with Crippen molar-refractivity contribution in [3.63, 3.8) is 0 Å². The molecule has 0 fully saturated rings. The summed E-state index contributed by atoms with van der Waals surface area (Å²) in [6.07, 6.45) is -3.12. The van der Waals surface area contributed by atoms with Crippen LogP contribution in [0.2, 0.25) is 0 Å². The number of pyridine rings is 1. The van der Waals surface area contributed by atoms with Gasteiger partial charge in [0.2, 0.25) is 5.82 Å². The number of hydrogen-bond acceptors (Lipinski definition) is 7. The number of aromatic nitrogens is 5. The molecule has 0 aliphatic rings. The van der Waals surface area contributed by atoms with E-state index in [0.29, 0.717) is 22.7 Å². The van der Waals surface area contributed by atoms with E-state index in [1.54, 1.807) is 50.2 Å². The first-order valence-electron chi connectivity index (χ1n) is 10.9. The van der Waals surface area contributed by atoms with Crippen molar-refractivity contribution in [2.45, 2.75) is 26.1 Å². The summed E-state index contributed by atoms with van der Waals surface area (Å²) in [7, 11) is 0. The zero-order chi connectivity index (χ0) is 25.4. The third-order valence-electron chi connectivity index (χ3n) is 5.81. The summed E-state index contributed by atoms with van der Waals surface area (Å²) >= 11 is 0. The second-order valence-electron chi connectivity index (χ2n) is 8.19. The highest BCUT2D eigenvalue weighted by atomic mass is 19.4. The highest BCUT2D eigenvalue weighted by molar-refractivity contribution is 5.85. The number of nitrogens with zero attached hydrogens (tertiary/aromatic N) is 4. The van der Waals surface area contributed by atoms with Gasteiger partial charge in [0.25, 0.3) is 0 Å². The molecule has 11 heteroatoms. The average molecular weight is 492 g/mol. The van der Waals surface area contributed by atoms with Gasteiger partial charge in [0.15, 0.2) is 5.43 Å². The van der Waals surface area contributed by atoms with Gasteiger partial charge in [0, 0.05) is 22.9 Å². The van der Waals surface area contributed by atoms with E-state index in [1.807, 2.05) is 6.07 Å². The number of halogens is 3. The molecule has 3 heterocycles. The van der Waals surface area contributed by atoms with Gasteiger partial charge in [0.1, 0.15) is 17.0 Å². The van der Waals surface area contributed by atoms with Crippen molar-refractivity contribution < 1.29 is 17.6 Å². The molecular weight excluding hydrogens is 473 g/mol. The number of hydrogen-bond donors (Lipinski definition) is 2. The summed E-state index contributed by atoms with van der Waals surface area (Å²) < 4.78 is 47.6. The normalized spacial score (nSPS) is 12.6. The van der Waals surface area contributed by atoms with Crippen molar-refractivity contribution in [3.8, 4) is 22.8 Å². The molecule has 182 valence electrons. The Bertz CT molecular complexity index is 1600. The van der Waals surface area contributed by atoms with E-state index in [0.717, 1.165) is 12.1 Å². The van der Waals surface area contributed by atoms with Gasteiger partial charge in [-0.25, -0.2) is 0 Å². The van der Waals surface area contributed by atoms with Gasteiger partial charge in [-0.3, -0.25) is 9.78 Å². The molecule has 5 rings (SSSR count). The van der Waals surface area contributed by atoms with Crippen molar-refractivity contribution in [3.05, 3.63) is 87.7 Å². The van der Waals surface area contributed by atoms with Crippen LogP contribution in [0.15, 0.2) is 70.0 Å². The largest absolute Gasteiger partial charge is 0.455 e. The number of nitrogens with one attached hydrogen (secondary N) is 2. The maximum Gasteiger partial charge on any atom is 0.416 e. The van der Waals surface area contributed by atoms with Gasteiger partial charge in [-0.15, -0.1) is 10.2 Å². The van der Waals surface area contributed by atoms with Crippen molar-refractivity contribution >= 4 is 16.7 Å². The number of benzene rings is 2. The lowest BCUT2D eigenvalue weighted by atomic mass is 9.98. The maximum atomic E-state index is 13.8. The van der Waals surface area contributed by atoms with Crippen LogP contribution in [-0.4, -0.2) is 25.6 Å². The van der Waals surface area contributed by atoms with Crippen LogP contribution < -0.4 is 10.7 Å². The maximum absolute atomic E-state index is 13.8. The first-order valence-corrected chi connectivity index (χ1v) is 10.9. The van der Waals surface area contributed by atoms with Crippen molar-refractivity contribution in [1.29, 1.82) is 0 Å². The molecule has 0 radical (unpaired) electrons. The molecule has 0 spiro atoms. The summed E-state index contributed by atoms with van der Waals surface area (Å²) in [5.41, 5.74) is 0.468. The fourth-order valence-electron chi connectivity index (χ4n) is 4.04. The molecule has 5 aromatic rings. The first kappa shape index (κ1) is 23.2. The summed E-state index contributed by atoms with van der Waals surface area (Å²) in [5, 5.41) is 16.8. The second kappa shape index (κ2) is 8.91. The van der Waals surface area contributed by atoms with Gasteiger partial charge in [-0.05, 0) is 43.3 Å². The lowest BCUT2D eigenvalue weighted by molar-refractivity contribution is -0.137. The molecule has 8 nitrogen and oxygen atoms in total. The van der Waals surface area contributed by atoms with Crippen LogP contribution in [-0.2, 0) is 6.18 Å². The third kappa shape index (κ3) is 4.19. The number of aromatic amines is 1. The number of rotatable bonds is 5. The monoisotopic (exact) mass is 492 g/mol. The molecule has 0 saturated carbocycles. The van der Waals surface area contributed by atoms with Crippen molar-refractivity contribution in [2.24, 2.45) is 0 Å². The Morgan fingerprint density at radius 3 is 2.56 bits per heavy atom. The Hall–Kier alpha value is -4.54. The minimum Gasteiger partial charge on any atom is -0.455 e. The third-order valence-corrected chi connectivity index (χ3v) is 5.81. The molecule has 2 N–H and O–H groups in total. The Balaban J connectivity index is 1.70. The SMILES string of the molecule is Cc1c(-c2ccccc2)oc2c([C@@H](C)Nc3cccnc3-c3nn[nH]n3)cc(C(F)(F)F)cc2c1=O. The number of fused-ring (bicyclic) bond motifs is 1. The van der Waals surface area contributed by atoms with Crippen LogP contribution in [0.1, 0.15) is 29.7 Å². The van der Waals surface area contributed by atoms with Gasteiger partial charge in [0.05, 0.1) is 22.7 Å². The Morgan fingerprint density at radius 1 is 1.08 bits per heavy atom. The van der Waals surface area contributed by atoms with Crippen molar-refractivity contribution in [1.82, 2.24) is 25.6 Å². The van der Waals surface area contributed by atoms with Gasteiger partial charge >= 0.3 is 6.18 Å². The molecular formula is C25H19F3N6O2. The van der Waals surface area contributed by atoms with E-state index >= 15 is 0 Å². The fourth-order valence-corrected chi connectivity index (χ4v) is 4.04.